The molecule has 1 aliphatic heterocycles. The van der Waals surface area contributed by atoms with Crippen LogP contribution in [0.15, 0.2) is 54.9 Å². The van der Waals surface area contributed by atoms with E-state index in [4.69, 9.17) is 0 Å². The molecule has 1 fully saturated rings. The van der Waals surface area contributed by atoms with Gasteiger partial charge >= 0.3 is 6.03 Å². The smallest absolute Gasteiger partial charge is 0.324 e. The number of rotatable bonds is 7. The molecule has 0 radical (unpaired) electrons. The van der Waals surface area contributed by atoms with Crippen LogP contribution in [0.1, 0.15) is 30.8 Å². The van der Waals surface area contributed by atoms with Crippen molar-refractivity contribution < 1.29 is 14.4 Å². The number of benzene rings is 1. The first-order valence-corrected chi connectivity index (χ1v) is 10.8. The maximum atomic E-state index is 12.8. The van der Waals surface area contributed by atoms with E-state index in [1.54, 1.807) is 11.3 Å². The Morgan fingerprint density at radius 3 is 2.85 bits per heavy atom. The molecule has 2 atom stereocenters. The van der Waals surface area contributed by atoms with E-state index < -0.39 is 24.0 Å². The van der Waals surface area contributed by atoms with Crippen molar-refractivity contribution in [3.63, 3.8) is 0 Å². The lowest BCUT2D eigenvalue weighted by Crippen LogP contribution is -2.38. The molecule has 4 heterocycles. The first-order valence-electron chi connectivity index (χ1n) is 10.8. The molecule has 33 heavy (non-hydrogen) atoms. The van der Waals surface area contributed by atoms with Crippen LogP contribution >= 0.6 is 0 Å². The molecule has 3 N–H and O–H groups in total. The number of hydrogen-bond acceptors (Lipinski definition) is 5. The van der Waals surface area contributed by atoms with Crippen LogP contribution in [0.25, 0.3) is 16.6 Å². The summed E-state index contributed by atoms with van der Waals surface area (Å²) in [6.45, 7) is 2.04. The van der Waals surface area contributed by atoms with Gasteiger partial charge in [-0.3, -0.25) is 18.9 Å². The van der Waals surface area contributed by atoms with Crippen molar-refractivity contribution in [2.75, 3.05) is 6.54 Å². The third-order valence-corrected chi connectivity index (χ3v) is 5.88. The number of H-pyrrole nitrogens is 1. The number of hydrogen-bond donors (Lipinski definition) is 3. The van der Waals surface area contributed by atoms with Gasteiger partial charge in [-0.1, -0.05) is 24.3 Å². The third-order valence-electron chi connectivity index (χ3n) is 5.88. The van der Waals surface area contributed by atoms with E-state index in [0.29, 0.717) is 17.9 Å². The Kier molecular flexibility index (Phi) is 5.25. The second-order valence-corrected chi connectivity index (χ2v) is 8.08. The first kappa shape index (κ1) is 20.7. The van der Waals surface area contributed by atoms with Crippen molar-refractivity contribution in [1.82, 2.24) is 35.1 Å². The van der Waals surface area contributed by atoms with Crippen LogP contribution in [0.3, 0.4) is 0 Å². The number of aromatic amines is 1. The lowest BCUT2D eigenvalue weighted by atomic mass is 10.1. The number of carbonyl (C=O) groups is 3. The average molecular weight is 445 g/mol. The van der Waals surface area contributed by atoms with Crippen molar-refractivity contribution in [2.45, 2.75) is 31.8 Å². The van der Waals surface area contributed by atoms with Gasteiger partial charge in [0, 0.05) is 29.8 Å². The number of imide groups is 1. The third kappa shape index (κ3) is 3.91. The highest BCUT2D eigenvalue weighted by Gasteiger charge is 2.39. The van der Waals surface area contributed by atoms with E-state index in [2.05, 4.69) is 25.8 Å². The van der Waals surface area contributed by atoms with Crippen molar-refractivity contribution in [3.05, 3.63) is 66.2 Å². The Bertz CT molecular complexity index is 1360. The largest absolute Gasteiger partial charge is 0.361 e. The Morgan fingerprint density at radius 2 is 1.97 bits per heavy atom. The van der Waals surface area contributed by atoms with Crippen LogP contribution in [0.5, 0.6) is 0 Å². The van der Waals surface area contributed by atoms with Crippen LogP contribution in [-0.2, 0) is 16.0 Å². The molecule has 0 spiro atoms. The number of nitrogens with zero attached hydrogens (tertiary/aromatic N) is 4. The van der Waals surface area contributed by atoms with Gasteiger partial charge in [0.05, 0.1) is 12.5 Å². The van der Waals surface area contributed by atoms with E-state index in [0.717, 1.165) is 16.5 Å². The molecule has 0 bridgehead atoms. The first-order chi connectivity index (χ1) is 16.0. The number of carbonyl (C=O) groups excluding carboxylic acids is 3. The average Bonchev–Trinajstić information content (AvgIpc) is 3.49. The topological polar surface area (TPSA) is 124 Å². The predicted molar refractivity (Wildman–Crippen MR) is 120 cm³/mol. The van der Waals surface area contributed by atoms with E-state index in [-0.39, 0.29) is 18.9 Å². The number of fused-ring (bicyclic) bond motifs is 2. The summed E-state index contributed by atoms with van der Waals surface area (Å²) < 4.78 is 1.79. The zero-order valence-corrected chi connectivity index (χ0v) is 18.0. The van der Waals surface area contributed by atoms with Crippen LogP contribution < -0.4 is 10.6 Å². The minimum Gasteiger partial charge on any atom is -0.361 e. The van der Waals surface area contributed by atoms with Gasteiger partial charge in [-0.05, 0) is 37.1 Å². The summed E-state index contributed by atoms with van der Waals surface area (Å²) in [5, 5.41) is 14.8. The van der Waals surface area contributed by atoms with Gasteiger partial charge in [0.2, 0.25) is 5.91 Å². The molecule has 4 aromatic rings. The fourth-order valence-electron chi connectivity index (χ4n) is 4.20. The summed E-state index contributed by atoms with van der Waals surface area (Å²) in [5.41, 5.74) is 2.72. The molecule has 3 aromatic heterocycles. The van der Waals surface area contributed by atoms with Crippen molar-refractivity contribution in [2.24, 2.45) is 0 Å². The van der Waals surface area contributed by atoms with Gasteiger partial charge < -0.3 is 15.6 Å². The fourth-order valence-corrected chi connectivity index (χ4v) is 4.20. The summed E-state index contributed by atoms with van der Waals surface area (Å²) in [4.78, 5) is 42.1. The molecule has 0 aliphatic carbocycles. The highest BCUT2D eigenvalue weighted by Crippen LogP contribution is 2.20. The number of amides is 4. The normalized spacial score (nSPS) is 17.0. The van der Waals surface area contributed by atoms with Crippen LogP contribution in [0.2, 0.25) is 0 Å². The van der Waals surface area contributed by atoms with Crippen LogP contribution in [0, 0.1) is 0 Å². The van der Waals surface area contributed by atoms with Crippen molar-refractivity contribution >= 4 is 34.4 Å². The van der Waals surface area contributed by atoms with E-state index in [9.17, 15) is 14.4 Å². The summed E-state index contributed by atoms with van der Waals surface area (Å²) in [5.74, 6) is -0.163. The molecule has 5 rings (SSSR count). The molecule has 1 aliphatic rings. The zero-order chi connectivity index (χ0) is 22.9. The van der Waals surface area contributed by atoms with Gasteiger partial charge in [-0.15, -0.1) is 10.2 Å². The summed E-state index contributed by atoms with van der Waals surface area (Å²) in [6, 6.07) is 11.6. The molecule has 10 heteroatoms. The molecule has 4 amide bonds. The monoisotopic (exact) mass is 445 g/mol. The number of nitrogens with one attached hydrogen (secondary N) is 3. The lowest BCUT2D eigenvalue weighted by Gasteiger charge is -2.15. The number of para-hydroxylation sites is 1. The van der Waals surface area contributed by atoms with Gasteiger partial charge in [0.15, 0.2) is 11.5 Å². The highest BCUT2D eigenvalue weighted by atomic mass is 16.2. The summed E-state index contributed by atoms with van der Waals surface area (Å²) in [6.07, 6.45) is 4.09. The molecule has 0 saturated carbocycles. The molecule has 1 aromatic carbocycles. The fraction of sp³-hybridized carbons (Fsp3) is 0.261. The van der Waals surface area contributed by atoms with Gasteiger partial charge in [0.25, 0.3) is 5.91 Å². The molecule has 1 saturated heterocycles. The number of urea groups is 1. The molecule has 168 valence electrons. The van der Waals surface area contributed by atoms with E-state index in [1.165, 1.54) is 4.90 Å². The molecule has 10 nitrogen and oxygen atoms in total. The highest BCUT2D eigenvalue weighted by molar-refractivity contribution is 6.05. The van der Waals surface area contributed by atoms with Crippen molar-refractivity contribution in [3.8, 4) is 0 Å². The second kappa shape index (κ2) is 8.38. The van der Waals surface area contributed by atoms with Gasteiger partial charge in [-0.2, -0.15) is 0 Å². The number of aromatic nitrogens is 4. The SMILES string of the molecule is C[C@H](NC(=O)C[C@@H]1NC(=O)N(CCc2c[nH]c3ccccc23)C1=O)c1nnc2ccccn12. The van der Waals surface area contributed by atoms with Gasteiger partial charge in [-0.25, -0.2) is 4.79 Å². The quantitative estimate of drug-likeness (QED) is 0.375. The predicted octanol–water partition coefficient (Wildman–Crippen LogP) is 1.94. The lowest BCUT2D eigenvalue weighted by molar-refractivity contribution is -0.131. The van der Waals surface area contributed by atoms with E-state index >= 15 is 0 Å². The van der Waals surface area contributed by atoms with Crippen LogP contribution in [-0.4, -0.2) is 54.9 Å². The van der Waals surface area contributed by atoms with Gasteiger partial charge in [0.1, 0.15) is 6.04 Å². The minimum atomic E-state index is -0.886. The molecular formula is C23H23N7O3. The Labute approximate surface area is 189 Å². The Morgan fingerprint density at radius 1 is 1.15 bits per heavy atom. The second-order valence-electron chi connectivity index (χ2n) is 8.08. The molecular weight excluding hydrogens is 422 g/mol. The Balaban J connectivity index is 1.19. The zero-order valence-electron chi connectivity index (χ0n) is 18.0. The maximum Gasteiger partial charge on any atom is 0.324 e. The summed E-state index contributed by atoms with van der Waals surface area (Å²) >= 11 is 0. The van der Waals surface area contributed by atoms with E-state index in [1.807, 2.05) is 54.9 Å². The number of pyridine rings is 1. The summed E-state index contributed by atoms with van der Waals surface area (Å²) in [7, 11) is 0. The van der Waals surface area contributed by atoms with Crippen molar-refractivity contribution in [1.29, 1.82) is 0 Å². The molecule has 0 unspecified atom stereocenters. The minimum absolute atomic E-state index is 0.144. The standard InChI is InChI=1S/C23H23N7O3/c1-14(21-28-27-19-8-4-5-10-29(19)21)25-20(31)12-18-22(32)30(23(33)26-18)11-9-15-13-24-17-7-3-2-6-16(15)17/h2-8,10,13-14,18,24H,9,11-12H2,1H3,(H,25,31)(H,26,33)/t14-,18-/m0/s1. The Hall–Kier alpha value is -4.21. The van der Waals surface area contributed by atoms with Crippen LogP contribution in [0.4, 0.5) is 4.79 Å². The maximum absolute atomic E-state index is 12.8.